The number of nitrogens with one attached hydrogen (secondary N) is 1. The lowest BCUT2D eigenvalue weighted by Crippen LogP contribution is -2.11. The first-order chi connectivity index (χ1) is 14.7. The number of halogens is 3. The lowest BCUT2D eigenvalue weighted by atomic mass is 10.0. The van der Waals surface area contributed by atoms with Crippen LogP contribution in [0.5, 0.6) is 0 Å². The zero-order chi connectivity index (χ0) is 22.2. The van der Waals surface area contributed by atoms with E-state index in [4.69, 9.17) is 4.42 Å². The molecule has 1 atom stereocenters. The molecular weight excluding hydrogens is 405 g/mol. The van der Waals surface area contributed by atoms with E-state index >= 15 is 0 Å². The number of nitrogens with zero attached hydrogens (tertiary/aromatic N) is 1. The summed E-state index contributed by atoms with van der Waals surface area (Å²) >= 11 is 0. The predicted molar refractivity (Wildman–Crippen MR) is 114 cm³/mol. The Kier molecular flexibility index (Phi) is 5.27. The Hall–Kier alpha value is -3.61. The van der Waals surface area contributed by atoms with Gasteiger partial charge in [-0.15, -0.1) is 0 Å². The Morgan fingerprint density at radius 2 is 1.77 bits per heavy atom. The molecular formula is C24H19F3N2O2. The average Bonchev–Trinajstić information content (AvgIpc) is 2.74. The second-order valence-corrected chi connectivity index (χ2v) is 7.39. The van der Waals surface area contributed by atoms with Gasteiger partial charge in [-0.1, -0.05) is 12.1 Å². The van der Waals surface area contributed by atoms with Crippen LogP contribution in [-0.2, 0) is 6.18 Å². The number of hydrogen-bond donors (Lipinski definition) is 1. The van der Waals surface area contributed by atoms with E-state index in [2.05, 4.69) is 10.3 Å². The van der Waals surface area contributed by atoms with E-state index in [1.54, 1.807) is 36.7 Å². The fourth-order valence-electron chi connectivity index (χ4n) is 3.53. The molecule has 0 aliphatic rings. The van der Waals surface area contributed by atoms with E-state index in [0.717, 1.165) is 17.7 Å². The minimum Gasteiger partial charge on any atom is -0.455 e. The van der Waals surface area contributed by atoms with Gasteiger partial charge in [-0.05, 0) is 55.8 Å². The maximum Gasteiger partial charge on any atom is 0.416 e. The zero-order valence-corrected chi connectivity index (χ0v) is 16.8. The number of rotatable bonds is 4. The first kappa shape index (κ1) is 20.7. The number of aryl methyl sites for hydroxylation is 1. The van der Waals surface area contributed by atoms with Crippen molar-refractivity contribution in [2.45, 2.75) is 26.1 Å². The fourth-order valence-corrected chi connectivity index (χ4v) is 3.53. The Morgan fingerprint density at radius 1 is 1.03 bits per heavy atom. The van der Waals surface area contributed by atoms with Gasteiger partial charge >= 0.3 is 6.18 Å². The van der Waals surface area contributed by atoms with Gasteiger partial charge in [0.15, 0.2) is 5.43 Å². The van der Waals surface area contributed by atoms with Crippen LogP contribution in [0.25, 0.3) is 22.3 Å². The summed E-state index contributed by atoms with van der Waals surface area (Å²) in [5.74, 6) is 0.399. The maximum absolute atomic E-state index is 13.1. The molecule has 0 amide bonds. The number of alkyl halides is 3. The van der Waals surface area contributed by atoms with Crippen LogP contribution in [0.3, 0.4) is 0 Å². The number of hydrogen-bond acceptors (Lipinski definition) is 4. The Labute approximate surface area is 176 Å². The molecule has 7 heteroatoms. The lowest BCUT2D eigenvalue weighted by molar-refractivity contribution is -0.137. The predicted octanol–water partition coefficient (Wildman–Crippen LogP) is 6.36. The summed E-state index contributed by atoms with van der Waals surface area (Å²) < 4.78 is 45.3. The number of fused-ring (bicyclic) bond motifs is 1. The summed E-state index contributed by atoms with van der Waals surface area (Å²) in [4.78, 5) is 16.8. The van der Waals surface area contributed by atoms with Crippen LogP contribution < -0.4 is 10.7 Å². The molecule has 0 fully saturated rings. The highest BCUT2D eigenvalue weighted by atomic mass is 19.4. The van der Waals surface area contributed by atoms with Gasteiger partial charge in [0.25, 0.3) is 0 Å². The van der Waals surface area contributed by atoms with Crippen molar-refractivity contribution in [3.8, 4) is 11.3 Å². The standard InChI is InChI=1S/C24H19F3N2O2/c1-14-10-19(15(2)29-18-5-3-4-17(12-18)24(25,26)27)23-20(11-14)21(30)13-22(31-23)16-6-8-28-9-7-16/h3-13,15,29H,1-2H3. The van der Waals surface area contributed by atoms with Crippen molar-refractivity contribution < 1.29 is 17.6 Å². The number of anilines is 1. The lowest BCUT2D eigenvalue weighted by Gasteiger charge is -2.19. The second-order valence-electron chi connectivity index (χ2n) is 7.39. The van der Waals surface area contributed by atoms with E-state index in [9.17, 15) is 18.0 Å². The summed E-state index contributed by atoms with van der Waals surface area (Å²) in [5.41, 5.74) is 2.04. The van der Waals surface area contributed by atoms with Crippen LogP contribution in [-0.4, -0.2) is 4.98 Å². The molecule has 4 aromatic rings. The molecule has 0 saturated heterocycles. The molecule has 0 aliphatic heterocycles. The van der Waals surface area contributed by atoms with Crippen molar-refractivity contribution in [2.24, 2.45) is 0 Å². The molecule has 2 heterocycles. The van der Waals surface area contributed by atoms with Crippen molar-refractivity contribution in [1.29, 1.82) is 0 Å². The van der Waals surface area contributed by atoms with E-state index in [-0.39, 0.29) is 5.43 Å². The third-order valence-electron chi connectivity index (χ3n) is 5.01. The van der Waals surface area contributed by atoms with Gasteiger partial charge in [0.2, 0.25) is 0 Å². The first-order valence-corrected chi connectivity index (χ1v) is 9.65. The van der Waals surface area contributed by atoms with Crippen molar-refractivity contribution in [3.05, 3.63) is 93.9 Å². The highest BCUT2D eigenvalue weighted by Gasteiger charge is 2.30. The molecule has 0 saturated carbocycles. The molecule has 1 N–H and O–H groups in total. The van der Waals surface area contributed by atoms with Crippen molar-refractivity contribution in [2.75, 3.05) is 5.32 Å². The molecule has 4 nitrogen and oxygen atoms in total. The normalized spacial score (nSPS) is 12.7. The van der Waals surface area contributed by atoms with Gasteiger partial charge in [-0.25, -0.2) is 0 Å². The zero-order valence-electron chi connectivity index (χ0n) is 16.8. The molecule has 31 heavy (non-hydrogen) atoms. The van der Waals surface area contributed by atoms with Crippen LogP contribution in [0.15, 0.2) is 76.2 Å². The molecule has 0 spiro atoms. The van der Waals surface area contributed by atoms with Crippen molar-refractivity contribution in [3.63, 3.8) is 0 Å². The largest absolute Gasteiger partial charge is 0.455 e. The maximum atomic E-state index is 13.1. The van der Waals surface area contributed by atoms with Crippen molar-refractivity contribution in [1.82, 2.24) is 4.98 Å². The van der Waals surface area contributed by atoms with Gasteiger partial charge in [-0.3, -0.25) is 9.78 Å². The van der Waals surface area contributed by atoms with E-state index in [1.165, 1.54) is 12.1 Å². The summed E-state index contributed by atoms with van der Waals surface area (Å²) in [6.45, 7) is 3.67. The third kappa shape index (κ3) is 4.30. The molecule has 1 unspecified atom stereocenters. The SMILES string of the molecule is Cc1cc(C(C)Nc2cccc(C(F)(F)F)c2)c2oc(-c3ccncc3)cc(=O)c2c1. The van der Waals surface area contributed by atoms with E-state index in [1.807, 2.05) is 19.9 Å². The average molecular weight is 424 g/mol. The van der Waals surface area contributed by atoms with Crippen LogP contribution in [0.4, 0.5) is 18.9 Å². The number of pyridine rings is 1. The van der Waals surface area contributed by atoms with Crippen LogP contribution in [0.1, 0.15) is 29.7 Å². The molecule has 0 bridgehead atoms. The van der Waals surface area contributed by atoms with Crippen molar-refractivity contribution >= 4 is 16.7 Å². The monoisotopic (exact) mass is 424 g/mol. The highest BCUT2D eigenvalue weighted by molar-refractivity contribution is 5.83. The van der Waals surface area contributed by atoms with Gasteiger partial charge in [0.05, 0.1) is 17.0 Å². The highest BCUT2D eigenvalue weighted by Crippen LogP contribution is 2.33. The third-order valence-corrected chi connectivity index (χ3v) is 5.01. The minimum absolute atomic E-state index is 0.190. The van der Waals surface area contributed by atoms with Crippen LogP contribution in [0, 0.1) is 6.92 Å². The smallest absolute Gasteiger partial charge is 0.416 e. The summed E-state index contributed by atoms with van der Waals surface area (Å²) in [6, 6.07) is 13.1. The summed E-state index contributed by atoms with van der Waals surface area (Å²) in [6.07, 6.45) is -1.22. The van der Waals surface area contributed by atoms with E-state index in [0.29, 0.717) is 33.5 Å². The number of benzene rings is 2. The van der Waals surface area contributed by atoms with Gasteiger partial charge in [-0.2, -0.15) is 13.2 Å². The fraction of sp³-hybridized carbons (Fsp3) is 0.167. The quantitative estimate of drug-likeness (QED) is 0.414. The molecule has 4 rings (SSSR count). The summed E-state index contributed by atoms with van der Waals surface area (Å²) in [7, 11) is 0. The Morgan fingerprint density at radius 3 is 2.48 bits per heavy atom. The van der Waals surface area contributed by atoms with Gasteiger partial charge in [0.1, 0.15) is 11.3 Å². The molecule has 2 aromatic heterocycles. The second kappa shape index (κ2) is 7.91. The van der Waals surface area contributed by atoms with Gasteiger partial charge in [0, 0.05) is 35.3 Å². The van der Waals surface area contributed by atoms with E-state index < -0.39 is 17.8 Å². The topological polar surface area (TPSA) is 55.1 Å². The number of aromatic nitrogens is 1. The first-order valence-electron chi connectivity index (χ1n) is 9.65. The van der Waals surface area contributed by atoms with Gasteiger partial charge < -0.3 is 9.73 Å². The molecule has 2 aromatic carbocycles. The molecule has 158 valence electrons. The minimum atomic E-state index is -4.43. The van der Waals surface area contributed by atoms with Crippen LogP contribution >= 0.6 is 0 Å². The van der Waals surface area contributed by atoms with Crippen LogP contribution in [0.2, 0.25) is 0 Å². The molecule has 0 aliphatic carbocycles. The molecule has 0 radical (unpaired) electrons. The summed E-state index contributed by atoms with van der Waals surface area (Å²) in [5, 5.41) is 3.52. The Balaban J connectivity index is 1.79. The Bertz CT molecular complexity index is 1300.